The lowest BCUT2D eigenvalue weighted by Gasteiger charge is -2.21. The number of carboxylic acids is 1. The number of hydrogen-bond acceptors (Lipinski definition) is 7. The van der Waals surface area contributed by atoms with Gasteiger partial charge in [0.25, 0.3) is 5.91 Å². The summed E-state index contributed by atoms with van der Waals surface area (Å²) in [6, 6.07) is 16.1. The molecule has 12 heteroatoms. The quantitative estimate of drug-likeness (QED) is 0.244. The Morgan fingerprint density at radius 2 is 1.76 bits per heavy atom. The Hall–Kier alpha value is -4.71. The van der Waals surface area contributed by atoms with Gasteiger partial charge in [0, 0.05) is 23.2 Å². The Morgan fingerprint density at radius 1 is 1.03 bits per heavy atom. The highest BCUT2D eigenvalue weighted by Crippen LogP contribution is 2.28. The lowest BCUT2D eigenvalue weighted by atomic mass is 10.0. The third kappa shape index (κ3) is 6.34. The smallest absolute Gasteiger partial charge is 0.478 e. The molecule has 1 amide bonds. The van der Waals surface area contributed by atoms with Gasteiger partial charge >= 0.3 is 12.3 Å². The average Bonchev–Trinajstić information content (AvgIpc) is 2.88. The molecule has 0 bridgehead atoms. The molecule has 9 nitrogen and oxygen atoms in total. The van der Waals surface area contributed by atoms with Gasteiger partial charge in [-0.3, -0.25) is 4.79 Å². The van der Waals surface area contributed by atoms with Gasteiger partial charge in [0.2, 0.25) is 0 Å². The predicted molar refractivity (Wildman–Crippen MR) is 134 cm³/mol. The number of benzene rings is 3. The Kier molecular flexibility index (Phi) is 7.72. The first-order valence-corrected chi connectivity index (χ1v) is 11.3. The molecule has 0 saturated heterocycles. The minimum absolute atomic E-state index is 0.0563. The van der Waals surface area contributed by atoms with Gasteiger partial charge in [-0.15, -0.1) is 13.2 Å². The summed E-state index contributed by atoms with van der Waals surface area (Å²) in [5.41, 5.74) is 1.75. The molecule has 4 aromatic rings. The van der Waals surface area contributed by atoms with E-state index in [1.807, 2.05) is 6.07 Å². The first-order chi connectivity index (χ1) is 18.1. The first-order valence-electron chi connectivity index (χ1n) is 11.3. The molecule has 3 aromatic carbocycles. The number of carbonyl (C=O) groups excluding carboxylic acids is 1. The number of aromatic nitrogens is 2. The normalized spacial score (nSPS) is 12.1. The number of nitrogens with one attached hydrogen (secondary N) is 3. The number of rotatable bonds is 9. The van der Waals surface area contributed by atoms with Crippen LogP contribution in [0.3, 0.4) is 0 Å². The van der Waals surface area contributed by atoms with Crippen molar-refractivity contribution in [3.63, 3.8) is 0 Å². The van der Waals surface area contributed by atoms with E-state index < -0.39 is 24.0 Å². The van der Waals surface area contributed by atoms with Gasteiger partial charge in [0.15, 0.2) is 0 Å². The van der Waals surface area contributed by atoms with E-state index in [2.05, 4.69) is 30.7 Å². The molecule has 0 aliphatic heterocycles. The largest absolute Gasteiger partial charge is 0.573 e. The number of carbonyl (C=O) groups is 2. The van der Waals surface area contributed by atoms with Crippen LogP contribution < -0.4 is 20.7 Å². The average molecular weight is 525 g/mol. The van der Waals surface area contributed by atoms with Crippen molar-refractivity contribution in [1.29, 1.82) is 0 Å². The number of ether oxygens (including phenoxy) is 1. The van der Waals surface area contributed by atoms with Crippen molar-refractivity contribution in [3.05, 3.63) is 89.7 Å². The van der Waals surface area contributed by atoms with Crippen LogP contribution in [0.2, 0.25) is 0 Å². The molecule has 0 spiro atoms. The monoisotopic (exact) mass is 525 g/mol. The minimum atomic E-state index is -4.82. The number of para-hydroxylation sites is 1. The minimum Gasteiger partial charge on any atom is -0.478 e. The third-order valence-corrected chi connectivity index (χ3v) is 5.51. The highest BCUT2D eigenvalue weighted by atomic mass is 19.4. The molecule has 1 heterocycles. The van der Waals surface area contributed by atoms with Crippen LogP contribution in [0.25, 0.3) is 10.9 Å². The number of fused-ring (bicyclic) bond motifs is 1. The molecule has 0 saturated carbocycles. The molecular weight excluding hydrogens is 503 g/mol. The molecule has 4 rings (SSSR count). The van der Waals surface area contributed by atoms with Crippen LogP contribution in [-0.4, -0.2) is 46.9 Å². The van der Waals surface area contributed by atoms with Crippen LogP contribution in [0.15, 0.2) is 73.1 Å². The summed E-state index contributed by atoms with van der Waals surface area (Å²) in [6.45, 7) is 0.461. The van der Waals surface area contributed by atoms with Gasteiger partial charge < -0.3 is 25.8 Å². The number of nitrogens with zero attached hydrogens (tertiary/aromatic N) is 2. The van der Waals surface area contributed by atoms with Crippen molar-refractivity contribution in [3.8, 4) is 5.75 Å². The van der Waals surface area contributed by atoms with Crippen LogP contribution in [0, 0.1) is 0 Å². The summed E-state index contributed by atoms with van der Waals surface area (Å²) >= 11 is 0. The van der Waals surface area contributed by atoms with Crippen LogP contribution in [0.4, 0.5) is 24.7 Å². The number of likely N-dealkylation sites (N-methyl/N-ethyl adjacent to an activating group) is 1. The Labute approximate surface area is 214 Å². The fourth-order valence-electron chi connectivity index (χ4n) is 3.84. The standard InChI is InChI=1S/C26H22F3N5O4/c1-30-13-21(34-23-19-6-3-7-20(25(36)37)22(19)31-14-32-23)16-4-2-5-17(12-16)33-24(35)15-8-10-18(11-9-15)38-26(27,28)29/h2-12,14,21,30H,13H2,1H3,(H,33,35)(H,36,37)(H,31,32,34). The second-order valence-electron chi connectivity index (χ2n) is 8.14. The number of halogens is 3. The number of carboxylic acid groups (broad SMARTS) is 1. The summed E-state index contributed by atoms with van der Waals surface area (Å²) in [7, 11) is 1.77. The highest BCUT2D eigenvalue weighted by Gasteiger charge is 2.31. The van der Waals surface area contributed by atoms with Gasteiger partial charge in [-0.05, 0) is 61.1 Å². The Balaban J connectivity index is 1.54. The maximum absolute atomic E-state index is 12.7. The van der Waals surface area contributed by atoms with Gasteiger partial charge in [0.1, 0.15) is 17.9 Å². The second-order valence-corrected chi connectivity index (χ2v) is 8.14. The molecule has 0 aliphatic carbocycles. The van der Waals surface area contributed by atoms with Crippen LogP contribution in [0.5, 0.6) is 5.75 Å². The number of hydrogen-bond donors (Lipinski definition) is 4. The van der Waals surface area contributed by atoms with Gasteiger partial charge in [-0.1, -0.05) is 18.2 Å². The molecule has 196 valence electrons. The van der Waals surface area contributed by atoms with E-state index in [0.29, 0.717) is 29.0 Å². The van der Waals surface area contributed by atoms with E-state index in [9.17, 15) is 27.9 Å². The summed E-state index contributed by atoms with van der Waals surface area (Å²) in [6.07, 6.45) is -3.53. The fraction of sp³-hybridized carbons (Fsp3) is 0.154. The Bertz CT molecular complexity index is 1460. The van der Waals surface area contributed by atoms with Gasteiger partial charge in [-0.2, -0.15) is 0 Å². The SMILES string of the molecule is CNCC(Nc1ncnc2c(C(=O)O)cccc12)c1cccc(NC(=O)c2ccc(OC(F)(F)F)cc2)c1. The van der Waals surface area contributed by atoms with E-state index in [1.54, 1.807) is 37.4 Å². The fourth-order valence-corrected chi connectivity index (χ4v) is 3.84. The molecule has 1 atom stereocenters. The summed E-state index contributed by atoms with van der Waals surface area (Å²) in [5, 5.41) is 19.2. The number of aromatic carboxylic acids is 1. The van der Waals surface area contributed by atoms with Crippen molar-refractivity contribution in [2.45, 2.75) is 12.4 Å². The van der Waals surface area contributed by atoms with E-state index in [4.69, 9.17) is 0 Å². The zero-order valence-corrected chi connectivity index (χ0v) is 19.9. The van der Waals surface area contributed by atoms with Gasteiger partial charge in [-0.25, -0.2) is 14.8 Å². The number of alkyl halides is 3. The molecule has 1 unspecified atom stereocenters. The van der Waals surface area contributed by atoms with Crippen molar-refractivity contribution in [1.82, 2.24) is 15.3 Å². The maximum Gasteiger partial charge on any atom is 0.573 e. The molecule has 0 fully saturated rings. The van der Waals surface area contributed by atoms with E-state index in [-0.39, 0.29) is 17.2 Å². The van der Waals surface area contributed by atoms with Crippen molar-refractivity contribution in [2.75, 3.05) is 24.2 Å². The van der Waals surface area contributed by atoms with Crippen LogP contribution >= 0.6 is 0 Å². The van der Waals surface area contributed by atoms with Crippen molar-refractivity contribution < 1.29 is 32.6 Å². The maximum atomic E-state index is 12.7. The molecule has 1 aromatic heterocycles. The summed E-state index contributed by atoms with van der Waals surface area (Å²) in [5.74, 6) is -1.60. The molecule has 4 N–H and O–H groups in total. The highest BCUT2D eigenvalue weighted by molar-refractivity contribution is 6.05. The predicted octanol–water partition coefficient (Wildman–Crippen LogP) is 4.85. The van der Waals surface area contributed by atoms with Gasteiger partial charge in [0.05, 0.1) is 17.1 Å². The third-order valence-electron chi connectivity index (χ3n) is 5.51. The second kappa shape index (κ2) is 11.1. The Morgan fingerprint density at radius 3 is 2.45 bits per heavy atom. The zero-order valence-electron chi connectivity index (χ0n) is 19.9. The summed E-state index contributed by atoms with van der Waals surface area (Å²) < 4.78 is 40.9. The lowest BCUT2D eigenvalue weighted by molar-refractivity contribution is -0.274. The lowest BCUT2D eigenvalue weighted by Crippen LogP contribution is -2.24. The van der Waals surface area contributed by atoms with Crippen LogP contribution in [-0.2, 0) is 0 Å². The molecule has 0 radical (unpaired) electrons. The van der Waals surface area contributed by atoms with E-state index >= 15 is 0 Å². The first kappa shape index (κ1) is 26.4. The topological polar surface area (TPSA) is 125 Å². The number of anilines is 2. The molecule has 0 aliphatic rings. The summed E-state index contributed by atoms with van der Waals surface area (Å²) in [4.78, 5) is 32.7. The van der Waals surface area contributed by atoms with Crippen molar-refractivity contribution in [2.24, 2.45) is 0 Å². The van der Waals surface area contributed by atoms with Crippen LogP contribution in [0.1, 0.15) is 32.3 Å². The van der Waals surface area contributed by atoms with E-state index in [1.165, 1.54) is 24.5 Å². The molecule has 38 heavy (non-hydrogen) atoms. The zero-order chi connectivity index (χ0) is 27.3. The van der Waals surface area contributed by atoms with Crippen molar-refractivity contribution >= 4 is 34.3 Å². The van der Waals surface area contributed by atoms with E-state index in [0.717, 1.165) is 17.7 Å². The number of amides is 1. The molecular formula is C26H22F3N5O4.